The molecule has 0 spiro atoms. The van der Waals surface area contributed by atoms with E-state index in [2.05, 4.69) is 27.4 Å². The van der Waals surface area contributed by atoms with Crippen LogP contribution in [-0.2, 0) is 11.3 Å². The van der Waals surface area contributed by atoms with Gasteiger partial charge in [-0.1, -0.05) is 12.1 Å². The maximum Gasteiger partial charge on any atom is 0.191 e. The number of nitrogens with one attached hydrogen (secondary N) is 2. The van der Waals surface area contributed by atoms with Gasteiger partial charge in [-0.2, -0.15) is 0 Å². The van der Waals surface area contributed by atoms with Gasteiger partial charge in [0.25, 0.3) is 0 Å². The topological polar surface area (TPSA) is 48.9 Å². The zero-order valence-electron chi connectivity index (χ0n) is 16.7. The molecule has 2 saturated heterocycles. The van der Waals surface area contributed by atoms with Crippen molar-refractivity contribution in [2.45, 2.75) is 51.6 Å². The summed E-state index contributed by atoms with van der Waals surface area (Å²) in [6.07, 6.45) is 4.69. The average Bonchev–Trinajstić information content (AvgIpc) is 3.23. The van der Waals surface area contributed by atoms with Crippen molar-refractivity contribution in [3.05, 3.63) is 35.1 Å². The molecule has 1 aromatic carbocycles. The maximum absolute atomic E-state index is 13.8. The summed E-state index contributed by atoms with van der Waals surface area (Å²) in [6.45, 7) is 9.98. The Balaban J connectivity index is 1.65. The van der Waals surface area contributed by atoms with Gasteiger partial charge in [-0.3, -0.25) is 4.90 Å². The first kappa shape index (κ1) is 20.1. The van der Waals surface area contributed by atoms with Crippen LogP contribution in [0.3, 0.4) is 0 Å². The van der Waals surface area contributed by atoms with Gasteiger partial charge in [0, 0.05) is 31.8 Å². The molecule has 1 aromatic rings. The average molecular weight is 377 g/mol. The van der Waals surface area contributed by atoms with E-state index in [0.29, 0.717) is 12.1 Å². The number of rotatable bonds is 6. The highest BCUT2D eigenvalue weighted by atomic mass is 19.1. The second-order valence-corrected chi connectivity index (χ2v) is 7.66. The number of hydrogen-bond donors (Lipinski definition) is 2. The van der Waals surface area contributed by atoms with E-state index in [4.69, 9.17) is 4.74 Å². The van der Waals surface area contributed by atoms with Gasteiger partial charge < -0.3 is 15.4 Å². The molecular weight excluding hydrogens is 343 g/mol. The number of aliphatic imine (C=N–C) groups is 1. The molecule has 0 bridgehead atoms. The summed E-state index contributed by atoms with van der Waals surface area (Å²) in [5.74, 6) is 0.624. The molecular formula is C21H33FN4O. The summed E-state index contributed by atoms with van der Waals surface area (Å²) in [7, 11) is 0. The predicted molar refractivity (Wildman–Crippen MR) is 108 cm³/mol. The van der Waals surface area contributed by atoms with E-state index >= 15 is 0 Å². The molecule has 27 heavy (non-hydrogen) atoms. The molecule has 150 valence electrons. The quantitative estimate of drug-likeness (QED) is 0.592. The molecule has 0 radical (unpaired) electrons. The molecule has 0 aliphatic carbocycles. The Morgan fingerprint density at radius 2 is 1.96 bits per heavy atom. The molecule has 5 nitrogen and oxygen atoms in total. The van der Waals surface area contributed by atoms with Gasteiger partial charge >= 0.3 is 0 Å². The molecule has 2 heterocycles. The lowest BCUT2D eigenvalue weighted by Gasteiger charge is -2.45. The van der Waals surface area contributed by atoms with Crippen LogP contribution in [-0.4, -0.2) is 55.8 Å². The third-order valence-corrected chi connectivity index (χ3v) is 5.79. The SMILES string of the molecule is CCNC(=NCc1ccc(C)c(F)c1)NCC1(N2CCCC2)CCOCC1. The van der Waals surface area contributed by atoms with Gasteiger partial charge in [-0.15, -0.1) is 0 Å². The fourth-order valence-electron chi connectivity index (χ4n) is 4.04. The zero-order chi connectivity index (χ0) is 19.1. The Morgan fingerprint density at radius 1 is 1.22 bits per heavy atom. The number of ether oxygens (including phenoxy) is 1. The lowest BCUT2D eigenvalue weighted by molar-refractivity contribution is -0.0164. The Bertz CT molecular complexity index is 637. The molecule has 0 aromatic heterocycles. The Morgan fingerprint density at radius 3 is 2.63 bits per heavy atom. The molecule has 2 fully saturated rings. The smallest absolute Gasteiger partial charge is 0.191 e. The third-order valence-electron chi connectivity index (χ3n) is 5.79. The van der Waals surface area contributed by atoms with Crippen LogP contribution >= 0.6 is 0 Å². The highest BCUT2D eigenvalue weighted by molar-refractivity contribution is 5.79. The van der Waals surface area contributed by atoms with Crippen LogP contribution in [0, 0.1) is 12.7 Å². The largest absolute Gasteiger partial charge is 0.381 e. The van der Waals surface area contributed by atoms with E-state index in [0.717, 1.165) is 50.7 Å². The number of guanidine groups is 1. The van der Waals surface area contributed by atoms with Crippen LogP contribution < -0.4 is 10.6 Å². The van der Waals surface area contributed by atoms with E-state index in [1.54, 1.807) is 13.0 Å². The molecule has 0 unspecified atom stereocenters. The fraction of sp³-hybridized carbons (Fsp3) is 0.667. The Labute approximate surface area is 162 Å². The van der Waals surface area contributed by atoms with Crippen LogP contribution in [0.15, 0.2) is 23.2 Å². The van der Waals surface area contributed by atoms with E-state index in [1.165, 1.54) is 25.9 Å². The first-order chi connectivity index (χ1) is 13.1. The highest BCUT2D eigenvalue weighted by Gasteiger charge is 2.39. The van der Waals surface area contributed by atoms with E-state index < -0.39 is 0 Å². The van der Waals surface area contributed by atoms with Crippen molar-refractivity contribution in [2.75, 3.05) is 39.4 Å². The van der Waals surface area contributed by atoms with E-state index in [-0.39, 0.29) is 11.4 Å². The minimum atomic E-state index is -0.171. The summed E-state index contributed by atoms with van der Waals surface area (Å²) in [6, 6.07) is 5.33. The lowest BCUT2D eigenvalue weighted by atomic mass is 9.88. The number of hydrogen-bond acceptors (Lipinski definition) is 3. The third kappa shape index (κ3) is 5.20. The summed E-state index contributed by atoms with van der Waals surface area (Å²) in [4.78, 5) is 7.31. The molecule has 0 atom stereocenters. The van der Waals surface area contributed by atoms with Crippen molar-refractivity contribution in [3.8, 4) is 0 Å². The minimum absolute atomic E-state index is 0.154. The van der Waals surface area contributed by atoms with Crippen LogP contribution in [0.25, 0.3) is 0 Å². The van der Waals surface area contributed by atoms with Crippen LogP contribution in [0.5, 0.6) is 0 Å². The van der Waals surface area contributed by atoms with Gasteiger partial charge in [0.2, 0.25) is 0 Å². The summed E-state index contributed by atoms with van der Waals surface area (Å²) in [5.41, 5.74) is 1.71. The standard InChI is InChI=1S/C21H33FN4O/c1-3-23-20(24-15-18-7-6-17(2)19(22)14-18)25-16-21(8-12-27-13-9-21)26-10-4-5-11-26/h6-7,14H,3-5,8-13,15-16H2,1-2H3,(H2,23,24,25). The van der Waals surface area contributed by atoms with Crippen molar-refractivity contribution in [3.63, 3.8) is 0 Å². The molecule has 0 saturated carbocycles. The number of nitrogens with zero attached hydrogens (tertiary/aromatic N) is 2. The van der Waals surface area contributed by atoms with Gasteiger partial charge in [0.05, 0.1) is 6.54 Å². The normalized spacial score (nSPS) is 20.6. The summed E-state index contributed by atoms with van der Waals surface area (Å²) in [5, 5.41) is 6.87. The number of benzene rings is 1. The van der Waals surface area contributed by atoms with Gasteiger partial charge in [0.15, 0.2) is 5.96 Å². The van der Waals surface area contributed by atoms with Crippen molar-refractivity contribution >= 4 is 5.96 Å². The molecule has 0 amide bonds. The zero-order valence-corrected chi connectivity index (χ0v) is 16.7. The molecule has 2 N–H and O–H groups in total. The fourth-order valence-corrected chi connectivity index (χ4v) is 4.04. The molecule has 3 rings (SSSR count). The van der Waals surface area contributed by atoms with Crippen LogP contribution in [0.1, 0.15) is 43.7 Å². The van der Waals surface area contributed by atoms with E-state index in [1.807, 2.05) is 12.1 Å². The number of likely N-dealkylation sites (tertiary alicyclic amines) is 1. The van der Waals surface area contributed by atoms with Crippen molar-refractivity contribution in [1.29, 1.82) is 0 Å². The highest BCUT2D eigenvalue weighted by Crippen LogP contribution is 2.30. The van der Waals surface area contributed by atoms with Crippen molar-refractivity contribution < 1.29 is 9.13 Å². The van der Waals surface area contributed by atoms with Gasteiger partial charge in [-0.05, 0) is 69.8 Å². The minimum Gasteiger partial charge on any atom is -0.381 e. The van der Waals surface area contributed by atoms with Crippen molar-refractivity contribution in [1.82, 2.24) is 15.5 Å². The monoisotopic (exact) mass is 376 g/mol. The first-order valence-corrected chi connectivity index (χ1v) is 10.2. The first-order valence-electron chi connectivity index (χ1n) is 10.2. The van der Waals surface area contributed by atoms with Crippen LogP contribution in [0.4, 0.5) is 4.39 Å². The van der Waals surface area contributed by atoms with Gasteiger partial charge in [-0.25, -0.2) is 9.38 Å². The van der Waals surface area contributed by atoms with Gasteiger partial charge in [0.1, 0.15) is 5.82 Å². The molecule has 2 aliphatic heterocycles. The Kier molecular flexibility index (Phi) is 7.07. The summed E-state index contributed by atoms with van der Waals surface area (Å²) >= 11 is 0. The molecule has 6 heteroatoms. The number of aryl methyl sites for hydroxylation is 1. The molecule has 2 aliphatic rings. The Hall–Kier alpha value is -1.66. The maximum atomic E-state index is 13.8. The van der Waals surface area contributed by atoms with Crippen molar-refractivity contribution in [2.24, 2.45) is 4.99 Å². The second-order valence-electron chi connectivity index (χ2n) is 7.66. The predicted octanol–water partition coefficient (Wildman–Crippen LogP) is 2.83. The van der Waals surface area contributed by atoms with Crippen LogP contribution in [0.2, 0.25) is 0 Å². The van der Waals surface area contributed by atoms with E-state index in [9.17, 15) is 4.39 Å². The lowest BCUT2D eigenvalue weighted by Crippen LogP contribution is -2.58. The summed E-state index contributed by atoms with van der Waals surface area (Å²) < 4.78 is 19.4. The number of halogens is 1. The second kappa shape index (κ2) is 9.51.